The molecule has 0 rings (SSSR count). The number of aldehydes is 1. The van der Waals surface area contributed by atoms with Crippen LogP contribution in [0.5, 0.6) is 0 Å². The quantitative estimate of drug-likeness (QED) is 0.158. The molecule has 4 N–H and O–H groups in total. The minimum absolute atomic E-state index is 0.555. The van der Waals surface area contributed by atoms with Gasteiger partial charge in [0.15, 0.2) is 12.4 Å². The summed E-state index contributed by atoms with van der Waals surface area (Å²) in [7, 11) is -22.2. The van der Waals surface area contributed by atoms with Gasteiger partial charge < -0.3 is 4.79 Å². The topological polar surface area (TPSA) is 271 Å². The van der Waals surface area contributed by atoms with Gasteiger partial charge in [-0.05, 0) is 6.92 Å². The van der Waals surface area contributed by atoms with Crippen LogP contribution >= 0.6 is 0 Å². The summed E-state index contributed by atoms with van der Waals surface area (Å²) in [6, 6.07) is 0. The van der Waals surface area contributed by atoms with E-state index in [1.54, 1.807) is 0 Å². The Morgan fingerprint density at radius 3 is 1.26 bits per heavy atom. The van der Waals surface area contributed by atoms with Gasteiger partial charge in [-0.25, -0.2) is 16.7 Å². The normalized spacial score (nSPS) is 18.4. The molecule has 0 aromatic carbocycles. The number of hydrogen-bond donors (Lipinski definition) is 4. The van der Waals surface area contributed by atoms with Crippen molar-refractivity contribution < 1.29 is 73.4 Å². The number of carbonyl (C=O) groups excluding carboxylic acids is 1. The lowest BCUT2D eigenvalue weighted by Crippen LogP contribution is -2.51. The van der Waals surface area contributed by atoms with Crippen LogP contribution in [0.4, 0.5) is 0 Å². The molecule has 0 unspecified atom stereocenters. The van der Waals surface area contributed by atoms with Crippen LogP contribution in [-0.4, -0.2) is 82.6 Å². The fourth-order valence-corrected chi connectivity index (χ4v) is 3.49. The highest BCUT2D eigenvalue weighted by molar-refractivity contribution is 7.81. The summed E-state index contributed by atoms with van der Waals surface area (Å²) in [5, 5.41) is 0. The Hall–Kier alpha value is -0.850. The summed E-state index contributed by atoms with van der Waals surface area (Å²) in [6.45, 7) is 0.555. The average Bonchev–Trinajstić information content (AvgIpc) is 2.34. The maximum absolute atomic E-state index is 11.0. The lowest BCUT2D eigenvalue weighted by atomic mass is 10.1. The minimum atomic E-state index is -5.65. The van der Waals surface area contributed by atoms with E-state index in [2.05, 4.69) is 16.7 Å². The van der Waals surface area contributed by atoms with Crippen LogP contribution in [0.25, 0.3) is 0 Å². The highest BCUT2D eigenvalue weighted by Gasteiger charge is 2.44. The molecule has 0 radical (unpaired) electrons. The molecule has 0 saturated carbocycles. The molecule has 0 saturated heterocycles. The molecule has 21 heteroatoms. The fourth-order valence-electron chi connectivity index (χ4n) is 1.52. The van der Waals surface area contributed by atoms with Gasteiger partial charge in [-0.3, -0.25) is 18.2 Å². The van der Waals surface area contributed by atoms with Crippen LogP contribution in [0.15, 0.2) is 0 Å². The van der Waals surface area contributed by atoms with Crippen LogP contribution in [0.1, 0.15) is 6.92 Å². The molecule has 0 fully saturated rings. The zero-order chi connectivity index (χ0) is 21.8. The molecule has 0 aromatic heterocycles. The van der Waals surface area contributed by atoms with E-state index in [-0.39, 0.29) is 0 Å². The van der Waals surface area contributed by atoms with E-state index in [0.29, 0.717) is 6.92 Å². The Labute approximate surface area is 153 Å². The zero-order valence-corrected chi connectivity index (χ0v) is 15.9. The molecule has 27 heavy (non-hydrogen) atoms. The standard InChI is InChI=1S/C6H12O17S4/c1-3(20-24(8,9)10)5(22-26(14,15)16)6(23-27(17,18)19)4(2-7)21-25(11,12)13/h2-6H,1H3,(H,8,9,10)(H,11,12,13)(H,14,15,16)(H,17,18,19)/t3-,4+,5+,6-/m0/s1. The Balaban J connectivity index is 6.33. The molecule has 0 aliphatic rings. The minimum Gasteiger partial charge on any atom is -0.300 e. The van der Waals surface area contributed by atoms with Gasteiger partial charge >= 0.3 is 41.6 Å². The van der Waals surface area contributed by atoms with Gasteiger partial charge in [0.1, 0.15) is 18.3 Å². The molecule has 0 bridgehead atoms. The van der Waals surface area contributed by atoms with Crippen LogP contribution < -0.4 is 0 Å². The predicted octanol–water partition coefficient (Wildman–Crippen LogP) is -3.04. The van der Waals surface area contributed by atoms with Crippen LogP contribution in [-0.2, 0) is 63.1 Å². The molecular weight excluding hydrogens is 472 g/mol. The second-order valence-corrected chi connectivity index (χ2v) is 8.52. The van der Waals surface area contributed by atoms with Crippen molar-refractivity contribution in [2.75, 3.05) is 0 Å². The number of carbonyl (C=O) groups is 1. The van der Waals surface area contributed by atoms with Gasteiger partial charge in [-0.1, -0.05) is 0 Å². The van der Waals surface area contributed by atoms with E-state index in [1.165, 1.54) is 0 Å². The lowest BCUT2D eigenvalue weighted by Gasteiger charge is -2.30. The first-order chi connectivity index (χ1) is 11.7. The summed E-state index contributed by atoms with van der Waals surface area (Å²) < 4.78 is 136. The molecule has 0 aliphatic heterocycles. The Bertz CT molecular complexity index is 925. The van der Waals surface area contributed by atoms with Crippen molar-refractivity contribution in [3.05, 3.63) is 0 Å². The highest BCUT2D eigenvalue weighted by atomic mass is 32.3. The Morgan fingerprint density at radius 1 is 0.630 bits per heavy atom. The third-order valence-corrected chi connectivity index (χ3v) is 4.16. The molecule has 17 nitrogen and oxygen atoms in total. The van der Waals surface area contributed by atoms with E-state index < -0.39 is 72.3 Å². The van der Waals surface area contributed by atoms with E-state index in [4.69, 9.17) is 18.2 Å². The summed E-state index contributed by atoms with van der Waals surface area (Å²) in [6.07, 6.45) is -11.4. The second kappa shape index (κ2) is 9.10. The van der Waals surface area contributed by atoms with Crippen molar-refractivity contribution in [2.24, 2.45) is 0 Å². The first-order valence-corrected chi connectivity index (χ1v) is 11.3. The third kappa shape index (κ3) is 12.3. The second-order valence-electron chi connectivity index (χ2n) is 4.33. The first kappa shape index (κ1) is 26.1. The summed E-state index contributed by atoms with van der Waals surface area (Å²) in [5.41, 5.74) is 0. The van der Waals surface area contributed by atoms with E-state index >= 15 is 0 Å². The Kier molecular flexibility index (Phi) is 8.81. The molecule has 0 spiro atoms. The summed E-state index contributed by atoms with van der Waals surface area (Å²) in [5.74, 6) is 0. The van der Waals surface area contributed by atoms with E-state index in [0.717, 1.165) is 0 Å². The molecule has 162 valence electrons. The van der Waals surface area contributed by atoms with Gasteiger partial charge in [-0.15, -0.1) is 0 Å². The molecule has 0 amide bonds. The molecule has 0 heterocycles. The monoisotopic (exact) mass is 484 g/mol. The van der Waals surface area contributed by atoms with Crippen LogP contribution in [0, 0.1) is 0 Å². The van der Waals surface area contributed by atoms with Crippen molar-refractivity contribution >= 4 is 47.9 Å². The maximum atomic E-state index is 11.0. The summed E-state index contributed by atoms with van der Waals surface area (Å²) >= 11 is 0. The van der Waals surface area contributed by atoms with Gasteiger partial charge in [0.25, 0.3) is 0 Å². The zero-order valence-electron chi connectivity index (χ0n) is 12.6. The van der Waals surface area contributed by atoms with Crippen molar-refractivity contribution in [3.63, 3.8) is 0 Å². The van der Waals surface area contributed by atoms with E-state index in [9.17, 15) is 38.5 Å². The predicted molar refractivity (Wildman–Crippen MR) is 77.4 cm³/mol. The van der Waals surface area contributed by atoms with Gasteiger partial charge in [0, 0.05) is 0 Å². The van der Waals surface area contributed by atoms with Gasteiger partial charge in [0.05, 0.1) is 0 Å². The number of rotatable bonds is 12. The van der Waals surface area contributed by atoms with Crippen LogP contribution in [0.2, 0.25) is 0 Å². The molecule has 0 aliphatic carbocycles. The van der Waals surface area contributed by atoms with Crippen molar-refractivity contribution in [2.45, 2.75) is 31.3 Å². The van der Waals surface area contributed by atoms with E-state index in [1.807, 2.05) is 0 Å². The molecule has 0 aromatic rings. The van der Waals surface area contributed by atoms with Gasteiger partial charge in [-0.2, -0.15) is 33.7 Å². The lowest BCUT2D eigenvalue weighted by molar-refractivity contribution is -0.123. The van der Waals surface area contributed by atoms with Crippen LogP contribution in [0.3, 0.4) is 0 Å². The SMILES string of the molecule is C[C@H](OS(=O)(=O)O)[C@@H](OS(=O)(=O)O)[C@@H](OS(=O)(=O)O)[C@@H](C=O)OS(=O)(=O)O. The van der Waals surface area contributed by atoms with Crippen molar-refractivity contribution in [1.29, 1.82) is 0 Å². The first-order valence-electron chi connectivity index (χ1n) is 5.82. The molecular formula is C6H12O17S4. The fraction of sp³-hybridized carbons (Fsp3) is 0.833. The highest BCUT2D eigenvalue weighted by Crippen LogP contribution is 2.22. The molecule has 4 atom stereocenters. The third-order valence-electron chi connectivity index (χ3n) is 2.22. The maximum Gasteiger partial charge on any atom is 0.398 e. The largest absolute Gasteiger partial charge is 0.398 e. The summed E-state index contributed by atoms with van der Waals surface area (Å²) in [4.78, 5) is 11.0. The smallest absolute Gasteiger partial charge is 0.300 e. The Morgan fingerprint density at radius 2 is 0.963 bits per heavy atom. The van der Waals surface area contributed by atoms with Crippen molar-refractivity contribution in [3.8, 4) is 0 Å². The average molecular weight is 484 g/mol. The van der Waals surface area contributed by atoms with Crippen molar-refractivity contribution in [1.82, 2.24) is 0 Å². The van der Waals surface area contributed by atoms with Gasteiger partial charge in [0.2, 0.25) is 0 Å². The number of hydrogen-bond acceptors (Lipinski definition) is 13.